The Morgan fingerprint density at radius 2 is 1.64 bits per heavy atom. The van der Waals surface area contributed by atoms with Gasteiger partial charge >= 0.3 is 0 Å². The fourth-order valence-electron chi connectivity index (χ4n) is 4.52. The van der Waals surface area contributed by atoms with Gasteiger partial charge in [-0.3, -0.25) is 4.98 Å². The van der Waals surface area contributed by atoms with Gasteiger partial charge in [0.25, 0.3) is 0 Å². The van der Waals surface area contributed by atoms with Gasteiger partial charge in [0.2, 0.25) is 0 Å². The van der Waals surface area contributed by atoms with Gasteiger partial charge in [0, 0.05) is 47.6 Å². The molecule has 0 N–H and O–H groups in total. The maximum atomic E-state index is 9.13. The number of para-hydroxylation sites is 1. The fraction of sp³-hybridized carbons (Fsp3) is 0.323. The number of ether oxygens (including phenoxy) is 1. The van der Waals surface area contributed by atoms with Crippen LogP contribution in [0.3, 0.4) is 0 Å². The molecule has 0 aliphatic rings. The first-order chi connectivity index (χ1) is 17.4. The predicted octanol–water partition coefficient (Wildman–Crippen LogP) is 7.35. The quantitative estimate of drug-likeness (QED) is 0.252. The minimum atomic E-state index is 0.561. The molecule has 0 amide bonds. The smallest absolute Gasteiger partial charge is 0.137 e. The van der Waals surface area contributed by atoms with E-state index in [1.807, 2.05) is 54.9 Å². The minimum absolute atomic E-state index is 0.561. The number of hydrogen-bond donors (Lipinski definition) is 0. The monoisotopic (exact) mass is 478 g/mol. The average Bonchev–Trinajstić information content (AvgIpc) is 2.91. The lowest BCUT2D eigenvalue weighted by molar-refractivity contribution is 0.421. The van der Waals surface area contributed by atoms with Crippen molar-refractivity contribution in [2.75, 3.05) is 25.1 Å². The van der Waals surface area contributed by atoms with Crippen molar-refractivity contribution in [1.29, 1.82) is 5.26 Å². The number of anilines is 1. The summed E-state index contributed by atoms with van der Waals surface area (Å²) in [6, 6.07) is 20.1. The van der Waals surface area contributed by atoms with Gasteiger partial charge in [0.1, 0.15) is 11.6 Å². The Hall–Kier alpha value is -3.91. The summed E-state index contributed by atoms with van der Waals surface area (Å²) >= 11 is 0. The number of aromatic nitrogens is 2. The van der Waals surface area contributed by atoms with Crippen LogP contribution in [0, 0.1) is 23.2 Å². The second kappa shape index (κ2) is 11.2. The number of rotatable bonds is 9. The van der Waals surface area contributed by atoms with Crippen molar-refractivity contribution in [3.8, 4) is 34.1 Å². The maximum Gasteiger partial charge on any atom is 0.137 e. The van der Waals surface area contributed by atoms with E-state index in [1.165, 1.54) is 0 Å². The lowest BCUT2D eigenvalue weighted by Gasteiger charge is -2.28. The van der Waals surface area contributed by atoms with Gasteiger partial charge in [-0.15, -0.1) is 0 Å². The van der Waals surface area contributed by atoms with Crippen molar-refractivity contribution in [3.05, 3.63) is 72.6 Å². The largest absolute Gasteiger partial charge is 0.495 e. The Bertz CT molecular complexity index is 1350. The van der Waals surface area contributed by atoms with Crippen molar-refractivity contribution in [3.63, 3.8) is 0 Å². The second-order valence-electron chi connectivity index (χ2n) is 9.81. The molecule has 4 aromatic rings. The average molecular weight is 479 g/mol. The van der Waals surface area contributed by atoms with E-state index in [0.29, 0.717) is 17.4 Å². The van der Waals surface area contributed by atoms with E-state index in [2.05, 4.69) is 50.8 Å². The van der Waals surface area contributed by atoms with Crippen LogP contribution in [-0.4, -0.2) is 30.2 Å². The van der Waals surface area contributed by atoms with Crippen LogP contribution in [0.2, 0.25) is 0 Å². The van der Waals surface area contributed by atoms with Gasteiger partial charge in [-0.1, -0.05) is 58.4 Å². The summed E-state index contributed by atoms with van der Waals surface area (Å²) < 4.78 is 5.92. The lowest BCUT2D eigenvalue weighted by atomic mass is 9.98. The Morgan fingerprint density at radius 1 is 0.889 bits per heavy atom. The van der Waals surface area contributed by atoms with Crippen LogP contribution in [0.1, 0.15) is 39.7 Å². The van der Waals surface area contributed by atoms with Crippen LogP contribution >= 0.6 is 0 Å². The zero-order valence-electron chi connectivity index (χ0n) is 21.8. The van der Waals surface area contributed by atoms with Crippen molar-refractivity contribution >= 4 is 16.7 Å². The second-order valence-corrected chi connectivity index (χ2v) is 9.81. The number of nitriles is 1. The minimum Gasteiger partial charge on any atom is -0.495 e. The molecule has 36 heavy (non-hydrogen) atoms. The molecule has 4 rings (SSSR count). The number of hydrogen-bond acceptors (Lipinski definition) is 5. The zero-order chi connectivity index (χ0) is 25.7. The van der Waals surface area contributed by atoms with Gasteiger partial charge in [-0.2, -0.15) is 5.26 Å². The van der Waals surface area contributed by atoms with Crippen LogP contribution < -0.4 is 9.64 Å². The van der Waals surface area contributed by atoms with Gasteiger partial charge < -0.3 is 9.64 Å². The maximum absolute atomic E-state index is 9.13. The molecule has 0 aliphatic heterocycles. The van der Waals surface area contributed by atoms with E-state index in [4.69, 9.17) is 20.0 Å². The Kier molecular flexibility index (Phi) is 7.85. The molecule has 0 aliphatic carbocycles. The van der Waals surface area contributed by atoms with Crippen LogP contribution in [0.15, 0.2) is 67.0 Å². The molecular formula is C31H34N4O. The van der Waals surface area contributed by atoms with E-state index in [9.17, 15) is 0 Å². The van der Waals surface area contributed by atoms with E-state index in [0.717, 1.165) is 64.2 Å². The summed E-state index contributed by atoms with van der Waals surface area (Å²) in [4.78, 5) is 12.1. The molecule has 2 aromatic carbocycles. The first kappa shape index (κ1) is 25.2. The predicted molar refractivity (Wildman–Crippen MR) is 148 cm³/mol. The number of pyridine rings is 2. The Morgan fingerprint density at radius 3 is 2.25 bits per heavy atom. The number of benzene rings is 2. The summed E-state index contributed by atoms with van der Waals surface area (Å²) in [6.45, 7) is 11.0. The van der Waals surface area contributed by atoms with Crippen molar-refractivity contribution in [2.45, 2.75) is 34.1 Å². The highest BCUT2D eigenvalue weighted by Crippen LogP contribution is 2.39. The SMILES string of the molecule is CCC(C)CN(CC(C)C)c1ccc(-c2cnc3c(-c4ccc(C#N)cc4)cccc3c2OC)cn1. The van der Waals surface area contributed by atoms with E-state index in [1.54, 1.807) is 7.11 Å². The van der Waals surface area contributed by atoms with Gasteiger partial charge in [0.05, 0.1) is 24.3 Å². The summed E-state index contributed by atoms with van der Waals surface area (Å²) in [5.74, 6) is 2.96. The summed E-state index contributed by atoms with van der Waals surface area (Å²) in [7, 11) is 1.70. The third kappa shape index (κ3) is 5.33. The first-order valence-corrected chi connectivity index (χ1v) is 12.6. The molecule has 0 radical (unpaired) electrons. The van der Waals surface area contributed by atoms with Crippen LogP contribution in [-0.2, 0) is 0 Å². The molecule has 184 valence electrons. The third-order valence-electron chi connectivity index (χ3n) is 6.57. The number of methoxy groups -OCH3 is 1. The van der Waals surface area contributed by atoms with Crippen LogP contribution in [0.4, 0.5) is 5.82 Å². The van der Waals surface area contributed by atoms with Crippen molar-refractivity contribution < 1.29 is 4.74 Å². The molecular weight excluding hydrogens is 444 g/mol. The highest BCUT2D eigenvalue weighted by Gasteiger charge is 2.17. The van der Waals surface area contributed by atoms with E-state index >= 15 is 0 Å². The van der Waals surface area contributed by atoms with Crippen molar-refractivity contribution in [2.24, 2.45) is 11.8 Å². The van der Waals surface area contributed by atoms with Gasteiger partial charge in [-0.05, 0) is 47.7 Å². The number of fused-ring (bicyclic) bond motifs is 1. The molecule has 1 atom stereocenters. The molecule has 5 heteroatoms. The fourth-order valence-corrected chi connectivity index (χ4v) is 4.52. The molecule has 1 unspecified atom stereocenters. The van der Waals surface area contributed by atoms with Gasteiger partial charge in [-0.25, -0.2) is 4.98 Å². The Labute approximate surface area is 214 Å². The summed E-state index contributed by atoms with van der Waals surface area (Å²) in [6.07, 6.45) is 4.95. The zero-order valence-corrected chi connectivity index (χ0v) is 21.8. The Balaban J connectivity index is 1.72. The molecule has 0 spiro atoms. The molecule has 2 aromatic heterocycles. The topological polar surface area (TPSA) is 62.0 Å². The number of nitrogens with zero attached hydrogens (tertiary/aromatic N) is 4. The van der Waals surface area contributed by atoms with Crippen molar-refractivity contribution in [1.82, 2.24) is 9.97 Å². The molecule has 0 bridgehead atoms. The highest BCUT2D eigenvalue weighted by atomic mass is 16.5. The molecule has 5 nitrogen and oxygen atoms in total. The third-order valence-corrected chi connectivity index (χ3v) is 6.57. The van der Waals surface area contributed by atoms with E-state index in [-0.39, 0.29) is 0 Å². The normalized spacial score (nSPS) is 11.9. The molecule has 0 saturated carbocycles. The van der Waals surface area contributed by atoms with Crippen LogP contribution in [0.5, 0.6) is 5.75 Å². The standard InChI is InChI=1S/C31H34N4O/c1-6-22(4)20-35(19-21(2)3)29-15-14-25(17-33-29)28-18-34-30-26(8-7-9-27(30)31(28)36-5)24-12-10-23(16-32)11-13-24/h7-15,17-18,21-22H,6,19-20H2,1-5H3. The van der Waals surface area contributed by atoms with E-state index < -0.39 is 0 Å². The van der Waals surface area contributed by atoms with Crippen LogP contribution in [0.25, 0.3) is 33.2 Å². The lowest BCUT2D eigenvalue weighted by Crippen LogP contribution is -2.32. The molecule has 2 heterocycles. The molecule has 0 saturated heterocycles. The summed E-state index contributed by atoms with van der Waals surface area (Å²) in [5, 5.41) is 10.1. The highest BCUT2D eigenvalue weighted by molar-refractivity contribution is 6.00. The van der Waals surface area contributed by atoms with Gasteiger partial charge in [0.15, 0.2) is 0 Å². The molecule has 0 fully saturated rings. The first-order valence-electron chi connectivity index (χ1n) is 12.6. The summed E-state index contributed by atoms with van der Waals surface area (Å²) in [5.41, 5.74) is 5.41.